The lowest BCUT2D eigenvalue weighted by molar-refractivity contribution is 0.0951. The van der Waals surface area contributed by atoms with Gasteiger partial charge in [0.2, 0.25) is 0 Å². The van der Waals surface area contributed by atoms with Gasteiger partial charge in [0.25, 0.3) is 11.5 Å². The van der Waals surface area contributed by atoms with Crippen molar-refractivity contribution < 1.29 is 4.79 Å². The van der Waals surface area contributed by atoms with Crippen LogP contribution in [0.25, 0.3) is 10.9 Å². The Morgan fingerprint density at radius 1 is 1.00 bits per heavy atom. The fourth-order valence-corrected chi connectivity index (χ4v) is 4.65. The molecule has 3 aromatic carbocycles. The molecule has 1 saturated carbocycles. The van der Waals surface area contributed by atoms with E-state index in [9.17, 15) is 9.59 Å². The first-order chi connectivity index (χ1) is 16.1. The molecule has 5 rings (SSSR count). The van der Waals surface area contributed by atoms with E-state index in [4.69, 9.17) is 16.6 Å². The molecule has 1 amide bonds. The third-order valence-electron chi connectivity index (χ3n) is 5.58. The van der Waals surface area contributed by atoms with Gasteiger partial charge in [-0.2, -0.15) is 0 Å². The van der Waals surface area contributed by atoms with Crippen molar-refractivity contribution in [2.24, 2.45) is 0 Å². The highest BCUT2D eigenvalue weighted by Gasteiger charge is 2.23. The SMILES string of the molecule is O=C(NC1CC1)c1ccc(Cn2c(SCc3ccc(Cl)cc3)nc3ccccc3c2=O)cc1. The van der Waals surface area contributed by atoms with Crippen molar-refractivity contribution in [2.45, 2.75) is 36.3 Å². The molecule has 166 valence electrons. The van der Waals surface area contributed by atoms with Gasteiger partial charge >= 0.3 is 0 Å². The second-order valence-electron chi connectivity index (χ2n) is 8.16. The van der Waals surface area contributed by atoms with Crippen molar-refractivity contribution >= 4 is 40.2 Å². The van der Waals surface area contributed by atoms with Crippen LogP contribution in [-0.4, -0.2) is 21.5 Å². The van der Waals surface area contributed by atoms with Crippen molar-refractivity contribution in [3.05, 3.63) is 105 Å². The molecule has 33 heavy (non-hydrogen) atoms. The molecule has 1 heterocycles. The van der Waals surface area contributed by atoms with Crippen molar-refractivity contribution in [1.82, 2.24) is 14.9 Å². The van der Waals surface area contributed by atoms with E-state index in [0.29, 0.717) is 45.0 Å². The molecular weight excluding hydrogens is 454 g/mol. The number of rotatable bonds is 7. The molecule has 5 nitrogen and oxygen atoms in total. The molecule has 0 radical (unpaired) electrons. The van der Waals surface area contributed by atoms with Crippen molar-refractivity contribution in [1.29, 1.82) is 0 Å². The topological polar surface area (TPSA) is 64.0 Å². The van der Waals surface area contributed by atoms with Crippen LogP contribution in [0.3, 0.4) is 0 Å². The number of carbonyl (C=O) groups excluding carboxylic acids is 1. The zero-order valence-corrected chi connectivity index (χ0v) is 19.4. The number of hydrogen-bond donors (Lipinski definition) is 1. The van der Waals surface area contributed by atoms with Crippen LogP contribution in [-0.2, 0) is 12.3 Å². The van der Waals surface area contributed by atoms with Crippen LogP contribution >= 0.6 is 23.4 Å². The van der Waals surface area contributed by atoms with Gasteiger partial charge in [0, 0.05) is 22.4 Å². The molecule has 1 aromatic heterocycles. The van der Waals surface area contributed by atoms with E-state index in [0.717, 1.165) is 24.0 Å². The number of thioether (sulfide) groups is 1. The molecule has 1 aliphatic rings. The number of halogens is 1. The summed E-state index contributed by atoms with van der Waals surface area (Å²) in [6, 6.07) is 22.8. The van der Waals surface area contributed by atoms with Crippen LogP contribution in [0.2, 0.25) is 5.02 Å². The van der Waals surface area contributed by atoms with E-state index in [1.165, 1.54) is 11.8 Å². The fourth-order valence-electron chi connectivity index (χ4n) is 3.57. The Morgan fingerprint density at radius 2 is 1.70 bits per heavy atom. The average molecular weight is 476 g/mol. The highest BCUT2D eigenvalue weighted by Crippen LogP contribution is 2.24. The largest absolute Gasteiger partial charge is 0.349 e. The lowest BCUT2D eigenvalue weighted by Gasteiger charge is -2.14. The number of fused-ring (bicyclic) bond motifs is 1. The normalized spacial score (nSPS) is 13.2. The molecular formula is C26H22ClN3O2S. The molecule has 4 aromatic rings. The summed E-state index contributed by atoms with van der Waals surface area (Å²) in [5.41, 5.74) is 3.28. The van der Waals surface area contributed by atoms with E-state index in [1.54, 1.807) is 10.6 Å². The van der Waals surface area contributed by atoms with Crippen LogP contribution in [0.1, 0.15) is 34.3 Å². The van der Waals surface area contributed by atoms with Gasteiger partial charge in [0.15, 0.2) is 5.16 Å². The number of hydrogen-bond acceptors (Lipinski definition) is 4. The van der Waals surface area contributed by atoms with Gasteiger partial charge in [-0.25, -0.2) is 4.98 Å². The Morgan fingerprint density at radius 3 is 2.42 bits per heavy atom. The number of carbonyl (C=O) groups is 1. The number of para-hydroxylation sites is 1. The second kappa shape index (κ2) is 9.41. The van der Waals surface area contributed by atoms with Crippen LogP contribution < -0.4 is 10.9 Å². The summed E-state index contributed by atoms with van der Waals surface area (Å²) in [6.07, 6.45) is 2.11. The molecule has 0 bridgehead atoms. The van der Waals surface area contributed by atoms with Gasteiger partial charge in [-0.05, 0) is 60.4 Å². The first-order valence-corrected chi connectivity index (χ1v) is 12.2. The van der Waals surface area contributed by atoms with Gasteiger partial charge in [-0.3, -0.25) is 14.2 Å². The molecule has 0 aliphatic heterocycles. The van der Waals surface area contributed by atoms with Gasteiger partial charge in [0.05, 0.1) is 17.4 Å². The summed E-state index contributed by atoms with van der Waals surface area (Å²) in [5.74, 6) is 0.621. The summed E-state index contributed by atoms with van der Waals surface area (Å²) >= 11 is 7.52. The first kappa shape index (κ1) is 21.7. The maximum atomic E-state index is 13.3. The fraction of sp³-hybridized carbons (Fsp3) is 0.192. The smallest absolute Gasteiger partial charge is 0.262 e. The molecule has 1 fully saturated rings. The molecule has 0 saturated heterocycles. The number of nitrogens with one attached hydrogen (secondary N) is 1. The highest BCUT2D eigenvalue weighted by molar-refractivity contribution is 7.98. The number of benzene rings is 3. The molecule has 0 atom stereocenters. The van der Waals surface area contributed by atoms with E-state index < -0.39 is 0 Å². The Balaban J connectivity index is 1.43. The molecule has 1 aliphatic carbocycles. The predicted molar refractivity (Wildman–Crippen MR) is 133 cm³/mol. The Hall–Kier alpha value is -3.09. The third kappa shape index (κ3) is 5.13. The summed E-state index contributed by atoms with van der Waals surface area (Å²) in [4.78, 5) is 30.4. The second-order valence-corrected chi connectivity index (χ2v) is 9.54. The summed E-state index contributed by atoms with van der Waals surface area (Å²) in [7, 11) is 0. The Labute approximate surface area is 200 Å². The summed E-state index contributed by atoms with van der Waals surface area (Å²) in [6.45, 7) is 0.379. The molecule has 0 unspecified atom stereocenters. The van der Waals surface area contributed by atoms with E-state index >= 15 is 0 Å². The average Bonchev–Trinajstić information content (AvgIpc) is 3.65. The van der Waals surface area contributed by atoms with Gasteiger partial charge < -0.3 is 5.32 Å². The van der Waals surface area contributed by atoms with Gasteiger partial charge in [-0.1, -0.05) is 59.8 Å². The Bertz CT molecular complexity index is 1360. The maximum absolute atomic E-state index is 13.3. The quantitative estimate of drug-likeness (QED) is 0.291. The zero-order chi connectivity index (χ0) is 22.8. The minimum atomic E-state index is -0.0743. The van der Waals surface area contributed by atoms with Crippen molar-refractivity contribution in [3.63, 3.8) is 0 Å². The number of aromatic nitrogens is 2. The van der Waals surface area contributed by atoms with Gasteiger partial charge in [0.1, 0.15) is 0 Å². The summed E-state index contributed by atoms with van der Waals surface area (Å²) in [5, 5.41) is 4.94. The van der Waals surface area contributed by atoms with Gasteiger partial charge in [-0.15, -0.1) is 0 Å². The first-order valence-electron chi connectivity index (χ1n) is 10.8. The van der Waals surface area contributed by atoms with Crippen molar-refractivity contribution in [2.75, 3.05) is 0 Å². The number of nitrogens with zero attached hydrogens (tertiary/aromatic N) is 2. The number of amides is 1. The lowest BCUT2D eigenvalue weighted by atomic mass is 10.1. The van der Waals surface area contributed by atoms with Crippen LogP contribution in [0.15, 0.2) is 82.7 Å². The van der Waals surface area contributed by atoms with Crippen LogP contribution in [0.5, 0.6) is 0 Å². The zero-order valence-electron chi connectivity index (χ0n) is 17.8. The third-order valence-corrected chi connectivity index (χ3v) is 6.88. The van der Waals surface area contributed by atoms with Crippen LogP contribution in [0, 0.1) is 0 Å². The minimum Gasteiger partial charge on any atom is -0.349 e. The summed E-state index contributed by atoms with van der Waals surface area (Å²) < 4.78 is 1.71. The lowest BCUT2D eigenvalue weighted by Crippen LogP contribution is -2.25. The Kier molecular flexibility index (Phi) is 6.20. The molecule has 0 spiro atoms. The van der Waals surface area contributed by atoms with E-state index in [2.05, 4.69) is 5.32 Å². The standard InChI is InChI=1S/C26H22ClN3O2S/c27-20-11-7-18(8-12-20)16-33-26-29-23-4-2-1-3-22(23)25(32)30(26)15-17-5-9-19(10-6-17)24(31)28-21-13-14-21/h1-12,21H,13-16H2,(H,28,31). The predicted octanol–water partition coefficient (Wildman–Crippen LogP) is 5.28. The van der Waals surface area contributed by atoms with E-state index in [1.807, 2.05) is 66.7 Å². The minimum absolute atomic E-state index is 0.0483. The maximum Gasteiger partial charge on any atom is 0.262 e. The van der Waals surface area contributed by atoms with E-state index in [-0.39, 0.29) is 11.5 Å². The molecule has 7 heteroatoms. The highest BCUT2D eigenvalue weighted by atomic mass is 35.5. The molecule has 1 N–H and O–H groups in total. The monoisotopic (exact) mass is 475 g/mol. The van der Waals surface area contributed by atoms with Crippen LogP contribution in [0.4, 0.5) is 0 Å². The van der Waals surface area contributed by atoms with Crippen molar-refractivity contribution in [3.8, 4) is 0 Å².